The second-order valence-electron chi connectivity index (χ2n) is 14.7. The molecular formula is C41H50N4O4S. The highest BCUT2D eigenvalue weighted by atomic mass is 32.1. The maximum absolute atomic E-state index is 13.2. The third-order valence-corrected chi connectivity index (χ3v) is 11.3. The Morgan fingerprint density at radius 1 is 0.860 bits per heavy atom. The van der Waals surface area contributed by atoms with Crippen LogP contribution in [0.5, 0.6) is 0 Å². The lowest BCUT2D eigenvalue weighted by atomic mass is 9.77. The van der Waals surface area contributed by atoms with Crippen LogP contribution in [0.15, 0.2) is 73.1 Å². The molecule has 0 bridgehead atoms. The first-order valence-electron chi connectivity index (χ1n) is 17.9. The molecule has 1 saturated carbocycles. The molecule has 3 N–H and O–H groups in total. The number of carbonyl (C=O) groups excluding carboxylic acids is 2. The Kier molecular flexibility index (Phi) is 12.2. The Balaban J connectivity index is 1.22. The molecule has 2 aromatic carbocycles. The molecule has 264 valence electrons. The fraction of sp³-hybridized carbons (Fsp3) is 0.439. The molecule has 1 fully saturated rings. The maximum Gasteiger partial charge on any atom is 0.325 e. The van der Waals surface area contributed by atoms with Crippen LogP contribution in [0.4, 0.5) is 0 Å². The van der Waals surface area contributed by atoms with Crippen LogP contribution < -0.4 is 10.6 Å². The number of amides is 2. The number of hydrogen-bond donors (Lipinski definition) is 3. The van der Waals surface area contributed by atoms with Crippen molar-refractivity contribution in [1.82, 2.24) is 20.6 Å². The summed E-state index contributed by atoms with van der Waals surface area (Å²) in [5.74, 6) is 0.0493. The molecule has 2 aromatic heterocycles. The molecule has 2 atom stereocenters. The minimum atomic E-state index is -1.15. The minimum absolute atomic E-state index is 0.110. The van der Waals surface area contributed by atoms with Gasteiger partial charge in [0.05, 0.1) is 4.88 Å². The molecule has 1 aliphatic rings. The van der Waals surface area contributed by atoms with Gasteiger partial charge in [0.2, 0.25) is 5.91 Å². The number of rotatable bonds is 13. The lowest BCUT2D eigenvalue weighted by Gasteiger charge is -2.29. The Morgan fingerprint density at radius 2 is 1.50 bits per heavy atom. The highest BCUT2D eigenvalue weighted by Crippen LogP contribution is 2.38. The van der Waals surface area contributed by atoms with Crippen molar-refractivity contribution in [3.8, 4) is 22.5 Å². The van der Waals surface area contributed by atoms with Crippen molar-refractivity contribution >= 4 is 29.1 Å². The van der Waals surface area contributed by atoms with Gasteiger partial charge in [0, 0.05) is 34.8 Å². The van der Waals surface area contributed by atoms with E-state index >= 15 is 0 Å². The lowest BCUT2D eigenvalue weighted by Crippen LogP contribution is -2.51. The number of thiophene rings is 1. The van der Waals surface area contributed by atoms with E-state index < -0.39 is 24.0 Å². The van der Waals surface area contributed by atoms with Gasteiger partial charge in [-0.15, -0.1) is 11.3 Å². The second kappa shape index (κ2) is 16.6. The third-order valence-electron chi connectivity index (χ3n) is 9.75. The second-order valence-corrected chi connectivity index (χ2v) is 15.8. The van der Waals surface area contributed by atoms with Gasteiger partial charge in [0.25, 0.3) is 5.91 Å². The van der Waals surface area contributed by atoms with Crippen LogP contribution in [0.2, 0.25) is 0 Å². The Labute approximate surface area is 300 Å². The molecule has 2 heterocycles. The molecule has 0 spiro atoms. The summed E-state index contributed by atoms with van der Waals surface area (Å²) < 4.78 is 0. The summed E-state index contributed by atoms with van der Waals surface area (Å²) in [6, 6.07) is 18.0. The molecule has 0 saturated heterocycles. The normalized spacial score (nSPS) is 17.5. The fourth-order valence-corrected chi connectivity index (χ4v) is 7.52. The van der Waals surface area contributed by atoms with E-state index in [1.807, 2.05) is 42.7 Å². The molecule has 50 heavy (non-hydrogen) atoms. The van der Waals surface area contributed by atoms with Crippen molar-refractivity contribution in [3.05, 3.63) is 93.9 Å². The predicted octanol–water partition coefficient (Wildman–Crippen LogP) is 8.56. The number of nitrogens with zero attached hydrogens (tertiary/aromatic N) is 2. The van der Waals surface area contributed by atoms with Gasteiger partial charge in [-0.1, -0.05) is 95.5 Å². The zero-order valence-electron chi connectivity index (χ0n) is 29.9. The molecule has 0 unspecified atom stereocenters. The summed E-state index contributed by atoms with van der Waals surface area (Å²) in [5.41, 5.74) is 4.99. The molecule has 0 radical (unpaired) electrons. The van der Waals surface area contributed by atoms with Gasteiger partial charge in [-0.05, 0) is 78.7 Å². The smallest absolute Gasteiger partial charge is 0.325 e. The van der Waals surface area contributed by atoms with E-state index in [9.17, 15) is 19.5 Å². The number of hydrogen-bond acceptors (Lipinski definition) is 6. The zero-order chi connectivity index (χ0) is 35.8. The van der Waals surface area contributed by atoms with Gasteiger partial charge in [-0.3, -0.25) is 14.4 Å². The van der Waals surface area contributed by atoms with Gasteiger partial charge < -0.3 is 15.7 Å². The summed E-state index contributed by atoms with van der Waals surface area (Å²) in [7, 11) is 0. The lowest BCUT2D eigenvalue weighted by molar-refractivity contribution is -0.141. The number of carboxylic acid groups (broad SMARTS) is 1. The Bertz CT molecular complexity index is 1740. The van der Waals surface area contributed by atoms with Gasteiger partial charge >= 0.3 is 5.97 Å². The average Bonchev–Trinajstić information content (AvgIpc) is 3.63. The molecule has 5 rings (SSSR count). The van der Waals surface area contributed by atoms with Gasteiger partial charge in [0.15, 0.2) is 5.82 Å². The summed E-state index contributed by atoms with van der Waals surface area (Å²) in [5, 5.41) is 14.7. The van der Waals surface area contributed by atoms with Crippen LogP contribution >= 0.6 is 11.3 Å². The number of carboxylic acids is 1. The van der Waals surface area contributed by atoms with Crippen molar-refractivity contribution in [1.29, 1.82) is 0 Å². The minimum Gasteiger partial charge on any atom is -0.480 e. The molecule has 4 aromatic rings. The number of carbonyl (C=O) groups is 3. The standard InChI is InChI=1S/C41H50N4O4S/c1-6-7-8-27-9-13-29(14-10-27)30-17-19-31(20-18-30)33-24-42-37(43-25-33)32-15-11-28(12-16-32)23-34(38(46)44-26(2)40(48)49)45-39(47)35-21-22-36(50-35)41(3,4)5/h11-12,15-22,24-27,29,34H,6-10,13-14,23H2,1-5H3,(H,44,46)(H,45,47)(H,48,49)/t26-,27-,29-,34+/m1/s1. The summed E-state index contributed by atoms with van der Waals surface area (Å²) in [4.78, 5) is 48.6. The van der Waals surface area contributed by atoms with E-state index in [1.165, 1.54) is 68.8 Å². The Morgan fingerprint density at radius 3 is 2.08 bits per heavy atom. The summed E-state index contributed by atoms with van der Waals surface area (Å²) in [6.45, 7) is 9.89. The van der Waals surface area contributed by atoms with Crippen molar-refractivity contribution in [3.63, 3.8) is 0 Å². The zero-order valence-corrected chi connectivity index (χ0v) is 30.7. The van der Waals surface area contributed by atoms with E-state index in [0.29, 0.717) is 16.6 Å². The third kappa shape index (κ3) is 9.65. The van der Waals surface area contributed by atoms with E-state index in [-0.39, 0.29) is 17.7 Å². The molecule has 1 aliphatic carbocycles. The fourth-order valence-electron chi connectivity index (χ4n) is 6.55. The average molecular weight is 695 g/mol. The van der Waals surface area contributed by atoms with Crippen molar-refractivity contribution in [2.75, 3.05) is 0 Å². The first-order valence-corrected chi connectivity index (χ1v) is 18.7. The predicted molar refractivity (Wildman–Crippen MR) is 200 cm³/mol. The van der Waals surface area contributed by atoms with E-state index in [4.69, 9.17) is 0 Å². The van der Waals surface area contributed by atoms with Gasteiger partial charge in [-0.25, -0.2) is 9.97 Å². The molecular weight excluding hydrogens is 645 g/mol. The summed E-state index contributed by atoms with van der Waals surface area (Å²) in [6.07, 6.45) is 13.1. The SMILES string of the molecule is CCCC[C@H]1CC[C@H](c2ccc(-c3cnc(-c4ccc(C[C@H](NC(=O)c5ccc(C(C)(C)C)s5)C(=O)N[C@H](C)C(=O)O)cc4)nc3)cc2)CC1. The summed E-state index contributed by atoms with van der Waals surface area (Å²) >= 11 is 1.38. The number of nitrogens with one attached hydrogen (secondary N) is 2. The van der Waals surface area contributed by atoms with Crippen LogP contribution in [0.25, 0.3) is 22.5 Å². The monoisotopic (exact) mass is 694 g/mol. The maximum atomic E-state index is 13.2. The van der Waals surface area contributed by atoms with Crippen molar-refractivity contribution < 1.29 is 19.5 Å². The number of aliphatic carboxylic acids is 1. The van der Waals surface area contributed by atoms with E-state index in [1.54, 1.807) is 6.07 Å². The molecule has 0 aliphatic heterocycles. The Hall–Kier alpha value is -4.37. The molecule has 9 heteroatoms. The van der Waals surface area contributed by atoms with Crippen molar-refractivity contribution in [2.24, 2.45) is 5.92 Å². The van der Waals surface area contributed by atoms with Crippen LogP contribution in [0.3, 0.4) is 0 Å². The number of unbranched alkanes of at least 4 members (excludes halogenated alkanes) is 1. The van der Waals surface area contributed by atoms with Crippen LogP contribution in [-0.4, -0.2) is 44.9 Å². The topological polar surface area (TPSA) is 121 Å². The van der Waals surface area contributed by atoms with Crippen LogP contribution in [-0.2, 0) is 21.4 Å². The van der Waals surface area contributed by atoms with E-state index in [2.05, 4.69) is 72.6 Å². The molecule has 2 amide bonds. The first-order chi connectivity index (χ1) is 23.9. The van der Waals surface area contributed by atoms with E-state index in [0.717, 1.165) is 33.0 Å². The van der Waals surface area contributed by atoms with Crippen molar-refractivity contribution in [2.45, 2.75) is 109 Å². The van der Waals surface area contributed by atoms with Gasteiger partial charge in [-0.2, -0.15) is 0 Å². The quantitative estimate of drug-likeness (QED) is 0.129. The number of benzene rings is 2. The molecule has 8 nitrogen and oxygen atoms in total. The first kappa shape index (κ1) is 36.9. The largest absolute Gasteiger partial charge is 0.480 e. The highest BCUT2D eigenvalue weighted by Gasteiger charge is 2.27. The van der Waals surface area contributed by atoms with Crippen LogP contribution in [0.1, 0.15) is 111 Å². The highest BCUT2D eigenvalue weighted by molar-refractivity contribution is 7.14. The number of aromatic nitrogens is 2. The van der Waals surface area contributed by atoms with Gasteiger partial charge in [0.1, 0.15) is 12.1 Å². The van der Waals surface area contributed by atoms with Crippen LogP contribution in [0, 0.1) is 5.92 Å².